The van der Waals surface area contributed by atoms with E-state index in [0.717, 1.165) is 12.8 Å². The molecule has 1 aromatic heterocycles. The third-order valence-electron chi connectivity index (χ3n) is 3.42. The molecule has 0 radical (unpaired) electrons. The Hall–Kier alpha value is -0.890. The molecule has 1 fully saturated rings. The predicted molar refractivity (Wildman–Crippen MR) is 87.8 cm³/mol. The Morgan fingerprint density at radius 1 is 1.62 bits per heavy atom. The van der Waals surface area contributed by atoms with Crippen LogP contribution in [0, 0.1) is 9.39 Å². The van der Waals surface area contributed by atoms with E-state index in [2.05, 4.69) is 10.3 Å². The number of nitrogens with zero attached hydrogens (tertiary/aromatic N) is 2. The van der Waals surface area contributed by atoms with Gasteiger partial charge in [0.25, 0.3) is 0 Å². The number of alkyl halides is 1. The summed E-state index contributed by atoms with van der Waals surface area (Å²) >= 11 is 8.07. The summed E-state index contributed by atoms with van der Waals surface area (Å²) in [6.07, 6.45) is 2.06. The summed E-state index contributed by atoms with van der Waals surface area (Å²) in [5, 5.41) is 2.57. The molecular weight excluding hydrogens is 408 g/mol. The van der Waals surface area contributed by atoms with Crippen LogP contribution in [0.15, 0.2) is 12.1 Å². The first-order chi connectivity index (χ1) is 9.95. The summed E-state index contributed by atoms with van der Waals surface area (Å²) in [5.74, 6) is 0.175. The van der Waals surface area contributed by atoms with Gasteiger partial charge in [0.15, 0.2) is 0 Å². The van der Waals surface area contributed by atoms with Crippen molar-refractivity contribution in [2.45, 2.75) is 37.7 Å². The number of benzene rings is 1. The van der Waals surface area contributed by atoms with Crippen molar-refractivity contribution in [2.75, 3.05) is 0 Å². The average molecular weight is 422 g/mol. The maximum Gasteiger partial charge on any atom is 0.240 e. The molecule has 4 nitrogen and oxygen atoms in total. The molecule has 0 aliphatic heterocycles. The van der Waals surface area contributed by atoms with Gasteiger partial charge in [-0.15, -0.1) is 11.6 Å². The summed E-state index contributed by atoms with van der Waals surface area (Å²) < 4.78 is 16.0. The van der Waals surface area contributed by atoms with Crippen molar-refractivity contribution < 1.29 is 9.18 Å². The van der Waals surface area contributed by atoms with Gasteiger partial charge in [-0.05, 0) is 48.4 Å². The normalized spacial score (nSPS) is 16.2. The standard InChI is InChI=1S/C14H14ClFIN3O/c1-7(15)14-19-11-5-10(17)9(16)4-12(11)20(14)6-13(21)18-8-2-3-8/h4-5,7-8H,2-3,6H2,1H3,(H,18,21). The Bertz CT molecular complexity index is 712. The molecule has 1 unspecified atom stereocenters. The Kier molecular flexibility index (Phi) is 4.09. The van der Waals surface area contributed by atoms with Crippen molar-refractivity contribution in [3.63, 3.8) is 0 Å². The highest BCUT2D eigenvalue weighted by molar-refractivity contribution is 14.1. The van der Waals surface area contributed by atoms with Crippen LogP contribution in [0.4, 0.5) is 4.39 Å². The topological polar surface area (TPSA) is 46.9 Å². The lowest BCUT2D eigenvalue weighted by molar-refractivity contribution is -0.121. The van der Waals surface area contributed by atoms with Crippen LogP contribution >= 0.6 is 34.2 Å². The van der Waals surface area contributed by atoms with Crippen LogP contribution in [-0.4, -0.2) is 21.5 Å². The highest BCUT2D eigenvalue weighted by Crippen LogP contribution is 2.27. The van der Waals surface area contributed by atoms with Crippen LogP contribution in [-0.2, 0) is 11.3 Å². The van der Waals surface area contributed by atoms with Gasteiger partial charge in [-0.25, -0.2) is 9.37 Å². The van der Waals surface area contributed by atoms with E-state index in [-0.39, 0.29) is 23.6 Å². The first-order valence-corrected chi connectivity index (χ1v) is 8.26. The lowest BCUT2D eigenvalue weighted by Crippen LogP contribution is -2.29. The minimum Gasteiger partial charge on any atom is -0.352 e. The average Bonchev–Trinajstić information content (AvgIpc) is 3.14. The molecule has 1 aliphatic rings. The summed E-state index contributed by atoms with van der Waals surface area (Å²) in [6, 6.07) is 3.38. The zero-order valence-corrected chi connectivity index (χ0v) is 14.3. The number of rotatable bonds is 4. The van der Waals surface area contributed by atoms with Crippen LogP contribution in [0.25, 0.3) is 11.0 Å². The number of imidazole rings is 1. The number of nitrogens with one attached hydrogen (secondary N) is 1. The molecule has 2 aromatic rings. The molecule has 21 heavy (non-hydrogen) atoms. The number of fused-ring (bicyclic) bond motifs is 1. The second kappa shape index (κ2) is 5.72. The smallest absolute Gasteiger partial charge is 0.240 e. The lowest BCUT2D eigenvalue weighted by Gasteiger charge is -2.10. The van der Waals surface area contributed by atoms with E-state index in [1.807, 2.05) is 22.6 Å². The van der Waals surface area contributed by atoms with Gasteiger partial charge in [0.05, 0.1) is 20.0 Å². The third kappa shape index (κ3) is 3.15. The molecule has 3 rings (SSSR count). The van der Waals surface area contributed by atoms with Crippen LogP contribution in [0.5, 0.6) is 0 Å². The minimum absolute atomic E-state index is 0.0886. The second-order valence-corrected chi connectivity index (χ2v) is 7.09. The summed E-state index contributed by atoms with van der Waals surface area (Å²) in [5.41, 5.74) is 1.25. The number of halogens is 3. The van der Waals surface area contributed by atoms with Crippen LogP contribution in [0.1, 0.15) is 31.0 Å². The molecular formula is C14H14ClFIN3O. The van der Waals surface area contributed by atoms with Crippen molar-refractivity contribution >= 4 is 51.1 Å². The highest BCUT2D eigenvalue weighted by atomic mass is 127. The molecule has 0 saturated heterocycles. The summed E-state index contributed by atoms with van der Waals surface area (Å²) in [4.78, 5) is 16.5. The molecule has 1 atom stereocenters. The van der Waals surface area contributed by atoms with Gasteiger partial charge in [0, 0.05) is 12.1 Å². The fraction of sp³-hybridized carbons (Fsp3) is 0.429. The third-order valence-corrected chi connectivity index (χ3v) is 4.44. The van der Waals surface area contributed by atoms with Gasteiger partial charge in [-0.2, -0.15) is 0 Å². The van der Waals surface area contributed by atoms with Crippen molar-refractivity contribution in [1.82, 2.24) is 14.9 Å². The van der Waals surface area contributed by atoms with Gasteiger partial charge in [0.2, 0.25) is 5.91 Å². The number of carbonyl (C=O) groups excluding carboxylic acids is 1. The van der Waals surface area contributed by atoms with Crippen LogP contribution < -0.4 is 5.32 Å². The van der Waals surface area contributed by atoms with Crippen molar-refractivity contribution in [2.24, 2.45) is 0 Å². The maximum atomic E-state index is 13.8. The van der Waals surface area contributed by atoms with Gasteiger partial charge in [0.1, 0.15) is 18.2 Å². The van der Waals surface area contributed by atoms with E-state index in [1.165, 1.54) is 6.07 Å². The van der Waals surface area contributed by atoms with Gasteiger partial charge < -0.3 is 9.88 Å². The molecule has 112 valence electrons. The van der Waals surface area contributed by atoms with E-state index >= 15 is 0 Å². The maximum absolute atomic E-state index is 13.8. The van der Waals surface area contributed by atoms with E-state index < -0.39 is 0 Å². The molecule has 0 spiro atoms. The fourth-order valence-corrected chi connectivity index (χ4v) is 2.87. The first kappa shape index (κ1) is 15.0. The molecule has 1 saturated carbocycles. The van der Waals surface area contributed by atoms with Crippen molar-refractivity contribution in [3.05, 3.63) is 27.3 Å². The Morgan fingerprint density at radius 3 is 2.95 bits per heavy atom. The fourth-order valence-electron chi connectivity index (χ4n) is 2.25. The number of amides is 1. The zero-order chi connectivity index (χ0) is 15.1. The van der Waals surface area contributed by atoms with Gasteiger partial charge in [-0.1, -0.05) is 0 Å². The Balaban J connectivity index is 2.02. The van der Waals surface area contributed by atoms with E-state index in [9.17, 15) is 9.18 Å². The molecule has 1 aromatic carbocycles. The summed E-state index contributed by atoms with van der Waals surface area (Å²) in [7, 11) is 0. The van der Waals surface area contributed by atoms with Crippen LogP contribution in [0.3, 0.4) is 0 Å². The lowest BCUT2D eigenvalue weighted by atomic mass is 10.3. The SMILES string of the molecule is CC(Cl)c1nc2cc(I)c(F)cc2n1CC(=O)NC1CC1. The Morgan fingerprint density at radius 2 is 2.33 bits per heavy atom. The molecule has 1 heterocycles. The predicted octanol–water partition coefficient (Wildman–Crippen LogP) is 3.36. The molecule has 1 aliphatic carbocycles. The number of hydrogen-bond donors (Lipinski definition) is 1. The Labute approximate surface area is 140 Å². The van der Waals surface area contributed by atoms with E-state index in [4.69, 9.17) is 11.6 Å². The monoisotopic (exact) mass is 421 g/mol. The number of hydrogen-bond acceptors (Lipinski definition) is 2. The zero-order valence-electron chi connectivity index (χ0n) is 11.4. The van der Waals surface area contributed by atoms with Crippen LogP contribution in [0.2, 0.25) is 0 Å². The molecule has 1 N–H and O–H groups in total. The molecule has 1 amide bonds. The first-order valence-electron chi connectivity index (χ1n) is 6.74. The molecule has 0 bridgehead atoms. The van der Waals surface area contributed by atoms with E-state index in [0.29, 0.717) is 26.5 Å². The second-order valence-electron chi connectivity index (χ2n) is 5.27. The van der Waals surface area contributed by atoms with Crippen molar-refractivity contribution in [3.8, 4) is 0 Å². The van der Waals surface area contributed by atoms with E-state index in [1.54, 1.807) is 17.6 Å². The molecule has 7 heteroatoms. The highest BCUT2D eigenvalue weighted by Gasteiger charge is 2.25. The number of aromatic nitrogens is 2. The largest absolute Gasteiger partial charge is 0.352 e. The van der Waals surface area contributed by atoms with Gasteiger partial charge in [-0.3, -0.25) is 4.79 Å². The quantitative estimate of drug-likeness (QED) is 0.608. The van der Waals surface area contributed by atoms with Crippen molar-refractivity contribution in [1.29, 1.82) is 0 Å². The minimum atomic E-state index is -0.355. The number of carbonyl (C=O) groups is 1. The van der Waals surface area contributed by atoms with Gasteiger partial charge >= 0.3 is 0 Å². The summed E-state index contributed by atoms with van der Waals surface area (Å²) in [6.45, 7) is 1.90.